The molecule has 6 atom stereocenters. The van der Waals surface area contributed by atoms with Crippen molar-refractivity contribution in [1.29, 1.82) is 0 Å². The highest BCUT2D eigenvalue weighted by molar-refractivity contribution is 5.91. The van der Waals surface area contributed by atoms with Crippen LogP contribution in [0.1, 0.15) is 59.3 Å². The number of rotatable bonds is 0. The van der Waals surface area contributed by atoms with E-state index in [0.717, 1.165) is 38.5 Å². The molecule has 3 aliphatic rings. The molecule has 1 N–H and O–H groups in total. The fourth-order valence-corrected chi connectivity index (χ4v) is 5.15. The number of carbonyl (C=O) groups is 1. The second-order valence-electron chi connectivity index (χ2n) is 8.27. The summed E-state index contributed by atoms with van der Waals surface area (Å²) in [6.45, 7) is 10.7. The summed E-state index contributed by atoms with van der Waals surface area (Å²) < 4.78 is 5.52. The molecule has 0 aromatic heterocycles. The van der Waals surface area contributed by atoms with Crippen molar-refractivity contribution in [2.45, 2.75) is 71.5 Å². The lowest BCUT2D eigenvalue weighted by Gasteiger charge is -2.49. The molecule has 1 heterocycles. The van der Waals surface area contributed by atoms with Crippen LogP contribution in [0.25, 0.3) is 0 Å². The van der Waals surface area contributed by atoms with Crippen molar-refractivity contribution in [3.05, 3.63) is 23.8 Å². The zero-order valence-electron chi connectivity index (χ0n) is 14.7. The lowest BCUT2D eigenvalue weighted by molar-refractivity contribution is -0.137. The van der Waals surface area contributed by atoms with Crippen molar-refractivity contribution in [2.75, 3.05) is 0 Å². The number of aliphatic hydroxyl groups is 1. The number of hydrogen-bond donors (Lipinski definition) is 1. The van der Waals surface area contributed by atoms with Gasteiger partial charge >= 0.3 is 5.97 Å². The van der Waals surface area contributed by atoms with Crippen molar-refractivity contribution in [3.63, 3.8) is 0 Å². The Balaban J connectivity index is 1.92. The van der Waals surface area contributed by atoms with Gasteiger partial charge in [-0.15, -0.1) is 0 Å². The predicted octanol–water partition coefficient (Wildman–Crippen LogP) is 4.02. The summed E-state index contributed by atoms with van der Waals surface area (Å²) in [5.41, 5.74) is 1.84. The van der Waals surface area contributed by atoms with Crippen LogP contribution in [-0.4, -0.2) is 23.3 Å². The van der Waals surface area contributed by atoms with E-state index in [2.05, 4.69) is 33.4 Å². The van der Waals surface area contributed by atoms with Crippen molar-refractivity contribution < 1.29 is 14.6 Å². The highest BCUT2D eigenvalue weighted by Crippen LogP contribution is 2.51. The van der Waals surface area contributed by atoms with E-state index in [-0.39, 0.29) is 29.5 Å². The molecule has 1 saturated heterocycles. The second kappa shape index (κ2) is 6.08. The van der Waals surface area contributed by atoms with Gasteiger partial charge in [-0.1, -0.05) is 26.0 Å². The second-order valence-corrected chi connectivity index (χ2v) is 8.27. The van der Waals surface area contributed by atoms with Gasteiger partial charge in [0.15, 0.2) is 0 Å². The minimum Gasteiger partial charge on any atom is -0.454 e. The minimum absolute atomic E-state index is 0.0637. The van der Waals surface area contributed by atoms with Crippen LogP contribution < -0.4 is 0 Å². The van der Waals surface area contributed by atoms with E-state index in [1.807, 2.05) is 0 Å². The lowest BCUT2D eigenvalue weighted by atomic mass is 9.57. The topological polar surface area (TPSA) is 46.5 Å². The molecule has 2 fully saturated rings. The standard InChI is InChI=1S/C20H30O3/c1-12-5-7-16-13(2)6-8-18(21)20(16,4)10-9-15-14(3)19(22)23-17(15)11-12/h11,13,15-18,21H,3,5-10H2,1-2,4H3/b12-11+/t13?,15-,16+,17-,18-,20-/m0/s1. The largest absolute Gasteiger partial charge is 0.454 e. The summed E-state index contributed by atoms with van der Waals surface area (Å²) in [4.78, 5) is 11.9. The minimum atomic E-state index is -0.248. The van der Waals surface area contributed by atoms with Crippen LogP contribution in [0.4, 0.5) is 0 Å². The van der Waals surface area contributed by atoms with Gasteiger partial charge in [-0.3, -0.25) is 0 Å². The smallest absolute Gasteiger partial charge is 0.334 e. The van der Waals surface area contributed by atoms with Crippen molar-refractivity contribution in [1.82, 2.24) is 0 Å². The van der Waals surface area contributed by atoms with Crippen LogP contribution >= 0.6 is 0 Å². The molecular weight excluding hydrogens is 288 g/mol. The first-order valence-electron chi connectivity index (χ1n) is 9.08. The van der Waals surface area contributed by atoms with Crippen LogP contribution in [0.15, 0.2) is 23.8 Å². The molecule has 0 aromatic rings. The first-order valence-corrected chi connectivity index (χ1v) is 9.08. The van der Waals surface area contributed by atoms with Gasteiger partial charge in [0.25, 0.3) is 0 Å². The number of fused-ring (bicyclic) bond motifs is 2. The number of ether oxygens (including phenoxy) is 1. The Morgan fingerprint density at radius 2 is 2.04 bits per heavy atom. The number of hydrogen-bond acceptors (Lipinski definition) is 3. The third-order valence-electron chi connectivity index (χ3n) is 6.83. The molecule has 0 amide bonds. The molecule has 3 rings (SSSR count). The number of allylic oxidation sites excluding steroid dienone is 1. The third-order valence-corrected chi connectivity index (χ3v) is 6.83. The van der Waals surface area contributed by atoms with Crippen LogP contribution in [0.3, 0.4) is 0 Å². The number of esters is 1. The van der Waals surface area contributed by atoms with E-state index in [0.29, 0.717) is 17.4 Å². The fourth-order valence-electron chi connectivity index (χ4n) is 5.15. The highest BCUT2D eigenvalue weighted by Gasteiger charge is 2.48. The van der Waals surface area contributed by atoms with Crippen LogP contribution in [-0.2, 0) is 9.53 Å². The van der Waals surface area contributed by atoms with E-state index >= 15 is 0 Å². The van der Waals surface area contributed by atoms with E-state index in [9.17, 15) is 9.90 Å². The van der Waals surface area contributed by atoms with Gasteiger partial charge in [0.05, 0.1) is 6.10 Å². The monoisotopic (exact) mass is 318 g/mol. The van der Waals surface area contributed by atoms with E-state index in [4.69, 9.17) is 4.74 Å². The molecule has 0 bridgehead atoms. The molecule has 0 spiro atoms. The van der Waals surface area contributed by atoms with E-state index in [1.165, 1.54) is 5.57 Å². The quantitative estimate of drug-likeness (QED) is 0.417. The van der Waals surface area contributed by atoms with Crippen molar-refractivity contribution in [2.24, 2.45) is 23.2 Å². The third kappa shape index (κ3) is 2.88. The van der Waals surface area contributed by atoms with Gasteiger partial charge in [-0.2, -0.15) is 0 Å². The van der Waals surface area contributed by atoms with Gasteiger partial charge in [0, 0.05) is 11.5 Å². The zero-order valence-corrected chi connectivity index (χ0v) is 14.7. The molecule has 0 aromatic carbocycles. The van der Waals surface area contributed by atoms with Crippen LogP contribution in [0.5, 0.6) is 0 Å². The maximum absolute atomic E-state index is 11.9. The Kier molecular flexibility index (Phi) is 4.43. The molecule has 1 unspecified atom stereocenters. The average Bonchev–Trinajstić information content (AvgIpc) is 2.75. The van der Waals surface area contributed by atoms with Crippen LogP contribution in [0.2, 0.25) is 0 Å². The Labute approximate surface area is 139 Å². The maximum Gasteiger partial charge on any atom is 0.334 e. The molecule has 1 saturated carbocycles. The first kappa shape index (κ1) is 16.8. The summed E-state index contributed by atoms with van der Waals surface area (Å²) in [6.07, 6.45) is 7.69. The van der Waals surface area contributed by atoms with E-state index < -0.39 is 0 Å². The van der Waals surface area contributed by atoms with Gasteiger partial charge in [-0.25, -0.2) is 4.79 Å². The Morgan fingerprint density at radius 3 is 2.78 bits per heavy atom. The SMILES string of the molecule is C=C1C(=O)O[C@H]2/C=C(\C)CC[C@@H]3C(C)CC[C@H](O)[C@@]3(C)CC[C@@H]12. The van der Waals surface area contributed by atoms with Gasteiger partial charge in [0.2, 0.25) is 0 Å². The van der Waals surface area contributed by atoms with Crippen molar-refractivity contribution >= 4 is 5.97 Å². The highest BCUT2D eigenvalue weighted by atomic mass is 16.5. The van der Waals surface area contributed by atoms with Gasteiger partial charge < -0.3 is 9.84 Å². The average molecular weight is 318 g/mol. The summed E-state index contributed by atoms with van der Waals surface area (Å²) in [7, 11) is 0. The Morgan fingerprint density at radius 1 is 1.30 bits per heavy atom. The fraction of sp³-hybridized carbons (Fsp3) is 0.750. The summed E-state index contributed by atoms with van der Waals surface area (Å²) in [6, 6.07) is 0. The molecule has 1 aliphatic heterocycles. The lowest BCUT2D eigenvalue weighted by Crippen LogP contribution is -2.46. The maximum atomic E-state index is 11.9. The number of carbonyl (C=O) groups excluding carboxylic acids is 1. The zero-order chi connectivity index (χ0) is 16.8. The first-order chi connectivity index (χ1) is 10.8. The number of aliphatic hydroxyl groups excluding tert-OH is 1. The van der Waals surface area contributed by atoms with Crippen molar-refractivity contribution in [3.8, 4) is 0 Å². The molecule has 128 valence electrons. The molecule has 3 nitrogen and oxygen atoms in total. The Bertz CT molecular complexity index is 535. The van der Waals surface area contributed by atoms with Gasteiger partial charge in [0.1, 0.15) is 6.10 Å². The molecular formula is C20H30O3. The molecule has 0 radical (unpaired) electrons. The van der Waals surface area contributed by atoms with E-state index in [1.54, 1.807) is 0 Å². The van der Waals surface area contributed by atoms with Crippen LogP contribution in [0, 0.1) is 23.2 Å². The molecule has 23 heavy (non-hydrogen) atoms. The summed E-state index contributed by atoms with van der Waals surface area (Å²) in [5, 5.41) is 10.7. The molecule has 2 aliphatic carbocycles. The normalized spacial score (nSPS) is 47.1. The molecule has 3 heteroatoms. The Hall–Kier alpha value is -1.09. The summed E-state index contributed by atoms with van der Waals surface area (Å²) in [5.74, 6) is 1.01. The summed E-state index contributed by atoms with van der Waals surface area (Å²) >= 11 is 0. The predicted molar refractivity (Wildman–Crippen MR) is 90.7 cm³/mol. The van der Waals surface area contributed by atoms with Gasteiger partial charge in [-0.05, 0) is 68.8 Å².